The average Bonchev–Trinajstić information content (AvgIpc) is 3.30. The number of nitrogens with zero attached hydrogens (tertiary/aromatic N) is 2. The Bertz CT molecular complexity index is 1080. The van der Waals surface area contributed by atoms with Crippen molar-refractivity contribution in [2.75, 3.05) is 27.2 Å². The van der Waals surface area contributed by atoms with E-state index in [9.17, 15) is 4.79 Å². The molecule has 32 heavy (non-hydrogen) atoms. The van der Waals surface area contributed by atoms with Crippen molar-refractivity contribution in [2.45, 2.75) is 39.9 Å². The van der Waals surface area contributed by atoms with E-state index in [4.69, 9.17) is 0 Å². The van der Waals surface area contributed by atoms with Gasteiger partial charge in [0.25, 0.3) is 5.91 Å². The zero-order valence-electron chi connectivity index (χ0n) is 19.3. The molecule has 0 spiro atoms. The van der Waals surface area contributed by atoms with E-state index in [1.807, 2.05) is 0 Å². The van der Waals surface area contributed by atoms with Crippen molar-refractivity contribution >= 4 is 41.6 Å². The van der Waals surface area contributed by atoms with Gasteiger partial charge in [0.05, 0.1) is 5.56 Å². The molecule has 2 aromatic carbocycles. The molecule has 2 heterocycles. The molecule has 0 fully saturated rings. The monoisotopic (exact) mass is 476 g/mol. The Morgan fingerprint density at radius 2 is 1.75 bits per heavy atom. The lowest BCUT2D eigenvalue weighted by molar-refractivity contribution is 0.0966. The van der Waals surface area contributed by atoms with E-state index >= 15 is 0 Å². The van der Waals surface area contributed by atoms with Crippen LogP contribution in [-0.4, -0.2) is 47.9 Å². The van der Waals surface area contributed by atoms with Gasteiger partial charge in [0.1, 0.15) is 0 Å². The second-order valence-corrected chi connectivity index (χ2v) is 8.57. The van der Waals surface area contributed by atoms with E-state index in [1.54, 1.807) is 0 Å². The summed E-state index contributed by atoms with van der Waals surface area (Å²) in [5.74, 6) is 0.0221. The van der Waals surface area contributed by atoms with Crippen LogP contribution in [0.25, 0.3) is 22.2 Å². The molecule has 4 rings (SSSR count). The van der Waals surface area contributed by atoms with Crippen LogP contribution in [-0.2, 0) is 19.6 Å². The Morgan fingerprint density at radius 1 is 0.969 bits per heavy atom. The first-order valence-electron chi connectivity index (χ1n) is 10.9. The minimum atomic E-state index is 0. The summed E-state index contributed by atoms with van der Waals surface area (Å²) in [6.07, 6.45) is 1.17. The Balaban J connectivity index is 0.00000181. The van der Waals surface area contributed by atoms with Crippen LogP contribution in [0, 0.1) is 0 Å². The minimum Gasteiger partial charge on any atom is -0.355 e. The van der Waals surface area contributed by atoms with E-state index in [2.05, 4.69) is 84.4 Å². The molecule has 1 amide bonds. The molecule has 174 valence electrons. The fourth-order valence-corrected chi connectivity index (χ4v) is 4.46. The summed E-state index contributed by atoms with van der Waals surface area (Å²) in [6, 6.07) is 13.2. The summed E-state index contributed by atoms with van der Waals surface area (Å²) in [7, 11) is 4.14. The number of carbonyl (C=O) groups excluding carboxylic acids is 1. The molecule has 2 N–H and O–H groups in total. The smallest absolute Gasteiger partial charge is 0.252 e. The molecule has 1 aliphatic heterocycles. The maximum Gasteiger partial charge on any atom is 0.252 e. The molecule has 0 saturated heterocycles. The Morgan fingerprint density at radius 3 is 2.44 bits per heavy atom. The lowest BCUT2D eigenvalue weighted by Gasteiger charge is -2.19. The normalized spacial score (nSPS) is 12.6. The SMILES string of the molecule is CCCN(CC)Cc1ccc2[nH]c(-c3cc(CN(C)C)cc4c3C(=O)NC4)cc2c1.Cl.Cl. The van der Waals surface area contributed by atoms with E-state index in [0.29, 0.717) is 6.54 Å². The van der Waals surface area contributed by atoms with Crippen LogP contribution in [0.5, 0.6) is 0 Å². The zero-order valence-corrected chi connectivity index (χ0v) is 21.0. The highest BCUT2D eigenvalue weighted by Crippen LogP contribution is 2.33. The number of halogens is 2. The first-order chi connectivity index (χ1) is 14.5. The van der Waals surface area contributed by atoms with Crippen molar-refractivity contribution < 1.29 is 4.79 Å². The van der Waals surface area contributed by atoms with E-state index in [1.165, 1.54) is 22.9 Å². The van der Waals surface area contributed by atoms with Crippen LogP contribution in [0.3, 0.4) is 0 Å². The van der Waals surface area contributed by atoms with Gasteiger partial charge in [-0.2, -0.15) is 0 Å². The predicted molar refractivity (Wildman–Crippen MR) is 138 cm³/mol. The third-order valence-corrected chi connectivity index (χ3v) is 5.81. The topological polar surface area (TPSA) is 51.4 Å². The van der Waals surface area contributed by atoms with Gasteiger partial charge < -0.3 is 15.2 Å². The van der Waals surface area contributed by atoms with Gasteiger partial charge in [-0.1, -0.05) is 26.0 Å². The highest BCUT2D eigenvalue weighted by atomic mass is 35.5. The summed E-state index contributed by atoms with van der Waals surface area (Å²) in [5, 5.41) is 4.18. The number of fused-ring (bicyclic) bond motifs is 2. The predicted octanol–water partition coefficient (Wildman–Crippen LogP) is 5.22. The maximum absolute atomic E-state index is 12.5. The van der Waals surface area contributed by atoms with Crippen LogP contribution in [0.2, 0.25) is 0 Å². The van der Waals surface area contributed by atoms with Gasteiger partial charge in [0.2, 0.25) is 0 Å². The molecule has 5 nitrogen and oxygen atoms in total. The molecule has 0 aliphatic carbocycles. The van der Waals surface area contributed by atoms with Gasteiger partial charge in [-0.05, 0) is 74.6 Å². The Labute approximate surface area is 203 Å². The number of aromatic amines is 1. The molecular formula is C25H34Cl2N4O. The van der Waals surface area contributed by atoms with E-state index in [0.717, 1.165) is 54.1 Å². The molecule has 1 aliphatic rings. The molecule has 0 radical (unpaired) electrons. The highest BCUT2D eigenvalue weighted by Gasteiger charge is 2.25. The number of hydrogen-bond acceptors (Lipinski definition) is 3. The fraction of sp³-hybridized carbons (Fsp3) is 0.400. The van der Waals surface area contributed by atoms with Crippen LogP contribution in [0.1, 0.15) is 47.3 Å². The second-order valence-electron chi connectivity index (χ2n) is 8.57. The largest absolute Gasteiger partial charge is 0.355 e. The van der Waals surface area contributed by atoms with Crippen molar-refractivity contribution in [3.05, 3.63) is 58.7 Å². The van der Waals surface area contributed by atoms with E-state index < -0.39 is 0 Å². The number of rotatable bonds is 8. The lowest BCUT2D eigenvalue weighted by atomic mass is 9.97. The minimum absolute atomic E-state index is 0. The number of benzene rings is 2. The summed E-state index contributed by atoms with van der Waals surface area (Å²) in [4.78, 5) is 20.7. The molecule has 0 atom stereocenters. The Hall–Kier alpha value is -2.05. The van der Waals surface area contributed by atoms with Crippen molar-refractivity contribution in [1.82, 2.24) is 20.1 Å². The van der Waals surface area contributed by atoms with Gasteiger partial charge in [0, 0.05) is 41.8 Å². The summed E-state index contributed by atoms with van der Waals surface area (Å²) < 4.78 is 0. The highest BCUT2D eigenvalue weighted by molar-refractivity contribution is 6.05. The van der Waals surface area contributed by atoms with Gasteiger partial charge in [-0.25, -0.2) is 0 Å². The number of aromatic nitrogens is 1. The van der Waals surface area contributed by atoms with Crippen molar-refractivity contribution in [3.8, 4) is 11.3 Å². The summed E-state index contributed by atoms with van der Waals surface area (Å²) >= 11 is 0. The van der Waals surface area contributed by atoms with Crippen LogP contribution >= 0.6 is 24.8 Å². The zero-order chi connectivity index (χ0) is 21.3. The molecule has 0 unspecified atom stereocenters. The van der Waals surface area contributed by atoms with Crippen LogP contribution in [0.4, 0.5) is 0 Å². The Kier molecular flexibility index (Phi) is 9.17. The summed E-state index contributed by atoms with van der Waals surface area (Å²) in [5.41, 5.74) is 7.57. The molecular weight excluding hydrogens is 443 g/mol. The maximum atomic E-state index is 12.5. The lowest BCUT2D eigenvalue weighted by Crippen LogP contribution is -2.23. The quantitative estimate of drug-likeness (QED) is 0.468. The van der Waals surface area contributed by atoms with Gasteiger partial charge in [0.15, 0.2) is 0 Å². The van der Waals surface area contributed by atoms with Crippen molar-refractivity contribution in [3.63, 3.8) is 0 Å². The third-order valence-electron chi connectivity index (χ3n) is 5.81. The third kappa shape index (κ3) is 5.46. The van der Waals surface area contributed by atoms with Gasteiger partial charge in [-0.15, -0.1) is 24.8 Å². The molecule has 0 bridgehead atoms. The number of H-pyrrole nitrogens is 1. The first-order valence-corrected chi connectivity index (χ1v) is 10.9. The molecule has 1 aromatic heterocycles. The number of amides is 1. The fourth-order valence-electron chi connectivity index (χ4n) is 4.46. The van der Waals surface area contributed by atoms with E-state index in [-0.39, 0.29) is 30.7 Å². The first kappa shape index (κ1) is 26.2. The van der Waals surface area contributed by atoms with Gasteiger partial charge in [-0.3, -0.25) is 9.69 Å². The van der Waals surface area contributed by atoms with Crippen LogP contribution < -0.4 is 5.32 Å². The number of nitrogens with one attached hydrogen (secondary N) is 2. The standard InChI is InChI=1S/C25H32N4O.2ClH/c1-5-9-29(6-2)16-17-7-8-22-19(10-17)13-23(27-22)21-12-18(15-28(3)4)11-20-14-26-25(30)24(20)21;;/h7-8,10-13,27H,5-6,9,14-16H2,1-4H3,(H,26,30);2*1H. The van der Waals surface area contributed by atoms with Crippen LogP contribution in [0.15, 0.2) is 36.4 Å². The number of carbonyl (C=O) groups is 1. The molecule has 3 aromatic rings. The summed E-state index contributed by atoms with van der Waals surface area (Å²) in [6.45, 7) is 9.05. The molecule has 0 saturated carbocycles. The number of hydrogen-bond donors (Lipinski definition) is 2. The van der Waals surface area contributed by atoms with Gasteiger partial charge >= 0.3 is 0 Å². The molecule has 7 heteroatoms. The van der Waals surface area contributed by atoms with Crippen molar-refractivity contribution in [2.24, 2.45) is 0 Å². The second kappa shape index (κ2) is 11.2. The van der Waals surface area contributed by atoms with Crippen molar-refractivity contribution in [1.29, 1.82) is 0 Å². The average molecular weight is 477 g/mol.